The van der Waals surface area contributed by atoms with Crippen molar-refractivity contribution in [3.05, 3.63) is 46.6 Å². The Morgan fingerprint density at radius 2 is 2.10 bits per heavy atom. The third-order valence-corrected chi connectivity index (χ3v) is 3.92. The highest BCUT2D eigenvalue weighted by atomic mass is 35.5. The van der Waals surface area contributed by atoms with E-state index in [2.05, 4.69) is 27.2 Å². The number of hydrogen-bond acceptors (Lipinski definition) is 5. The van der Waals surface area contributed by atoms with E-state index in [-0.39, 0.29) is 12.4 Å². The van der Waals surface area contributed by atoms with Gasteiger partial charge in [0.25, 0.3) is 0 Å². The molecule has 1 aromatic heterocycles. The molecule has 2 N–H and O–H groups in total. The van der Waals surface area contributed by atoms with Crippen LogP contribution in [0.25, 0.3) is 0 Å². The van der Waals surface area contributed by atoms with Crippen LogP contribution in [-0.2, 0) is 13.1 Å². The molecule has 0 spiro atoms. The molecule has 1 fully saturated rings. The monoisotopic (exact) mass is 328 g/mol. The first-order valence-electron chi connectivity index (χ1n) is 6.74. The maximum atomic E-state index is 5.92. The Kier molecular flexibility index (Phi) is 5.58. The molecular formula is C14H18Cl2N4O. The molecule has 0 bridgehead atoms. The van der Waals surface area contributed by atoms with Crippen LogP contribution in [0.1, 0.15) is 29.6 Å². The summed E-state index contributed by atoms with van der Waals surface area (Å²) in [6.07, 6.45) is 1.14. The van der Waals surface area contributed by atoms with Gasteiger partial charge in [0.05, 0.1) is 13.1 Å². The van der Waals surface area contributed by atoms with Crippen LogP contribution >= 0.6 is 24.0 Å². The third kappa shape index (κ3) is 3.95. The number of halogens is 2. The predicted octanol–water partition coefficient (Wildman–Crippen LogP) is 2.59. The maximum Gasteiger partial charge on any atom is 0.240 e. The molecular weight excluding hydrogens is 311 g/mol. The number of rotatable bonds is 4. The van der Waals surface area contributed by atoms with E-state index in [4.69, 9.17) is 21.9 Å². The Labute approximate surface area is 134 Å². The molecule has 0 radical (unpaired) electrons. The van der Waals surface area contributed by atoms with E-state index in [1.165, 1.54) is 5.56 Å². The number of nitrogens with zero attached hydrogens (tertiary/aromatic N) is 3. The molecule has 1 aliphatic rings. The van der Waals surface area contributed by atoms with Crippen molar-refractivity contribution in [2.75, 3.05) is 13.1 Å². The summed E-state index contributed by atoms with van der Waals surface area (Å²) in [5.41, 5.74) is 6.80. The first-order valence-corrected chi connectivity index (χ1v) is 7.12. The van der Waals surface area contributed by atoms with Crippen LogP contribution in [0.3, 0.4) is 0 Å². The fourth-order valence-electron chi connectivity index (χ4n) is 2.62. The highest BCUT2D eigenvalue weighted by Gasteiger charge is 2.24. The summed E-state index contributed by atoms with van der Waals surface area (Å²) in [5, 5.41) is 4.72. The van der Waals surface area contributed by atoms with Crippen molar-refractivity contribution >= 4 is 24.0 Å². The van der Waals surface area contributed by atoms with E-state index in [1.807, 2.05) is 12.1 Å². The average molecular weight is 329 g/mol. The van der Waals surface area contributed by atoms with Gasteiger partial charge in [0.1, 0.15) is 0 Å². The van der Waals surface area contributed by atoms with Crippen LogP contribution < -0.4 is 5.73 Å². The molecule has 0 amide bonds. The molecule has 3 rings (SSSR count). The first-order chi connectivity index (χ1) is 9.74. The highest BCUT2D eigenvalue weighted by molar-refractivity contribution is 6.30. The number of aromatic nitrogens is 2. The van der Waals surface area contributed by atoms with Crippen LogP contribution in [-0.4, -0.2) is 28.1 Å². The molecule has 1 saturated heterocycles. The minimum atomic E-state index is 0. The SMILES string of the molecule is Cl.NCc1nc(CN2CCC(c3ccc(Cl)cc3)C2)no1. The van der Waals surface area contributed by atoms with E-state index in [0.29, 0.717) is 30.7 Å². The van der Waals surface area contributed by atoms with Gasteiger partial charge in [-0.05, 0) is 36.6 Å². The van der Waals surface area contributed by atoms with Crippen molar-refractivity contribution < 1.29 is 4.52 Å². The Morgan fingerprint density at radius 1 is 1.33 bits per heavy atom. The zero-order chi connectivity index (χ0) is 13.9. The number of hydrogen-bond donors (Lipinski definition) is 1. The molecule has 1 aliphatic heterocycles. The average Bonchev–Trinajstić information content (AvgIpc) is 3.09. The smallest absolute Gasteiger partial charge is 0.240 e. The number of benzene rings is 1. The zero-order valence-corrected chi connectivity index (χ0v) is 13.1. The zero-order valence-electron chi connectivity index (χ0n) is 11.5. The topological polar surface area (TPSA) is 68.2 Å². The summed E-state index contributed by atoms with van der Waals surface area (Å²) in [7, 11) is 0. The van der Waals surface area contributed by atoms with Crippen LogP contribution in [0.4, 0.5) is 0 Å². The Morgan fingerprint density at radius 3 is 2.76 bits per heavy atom. The molecule has 7 heteroatoms. The van der Waals surface area contributed by atoms with Gasteiger partial charge >= 0.3 is 0 Å². The number of likely N-dealkylation sites (tertiary alicyclic amines) is 1. The van der Waals surface area contributed by atoms with Crippen molar-refractivity contribution in [2.24, 2.45) is 5.73 Å². The summed E-state index contributed by atoms with van der Waals surface area (Å²) >= 11 is 5.92. The number of nitrogens with two attached hydrogens (primary N) is 1. The maximum absolute atomic E-state index is 5.92. The van der Waals surface area contributed by atoms with E-state index in [1.54, 1.807) is 0 Å². The summed E-state index contributed by atoms with van der Waals surface area (Å²) in [5.74, 6) is 1.75. The lowest BCUT2D eigenvalue weighted by Gasteiger charge is -2.14. The van der Waals surface area contributed by atoms with Gasteiger partial charge in [0.2, 0.25) is 5.89 Å². The molecule has 21 heavy (non-hydrogen) atoms. The highest BCUT2D eigenvalue weighted by Crippen LogP contribution is 2.28. The van der Waals surface area contributed by atoms with Gasteiger partial charge in [0.15, 0.2) is 5.82 Å². The van der Waals surface area contributed by atoms with Gasteiger partial charge in [-0.25, -0.2) is 0 Å². The largest absolute Gasteiger partial charge is 0.338 e. The van der Waals surface area contributed by atoms with Crippen LogP contribution in [0.2, 0.25) is 5.02 Å². The lowest BCUT2D eigenvalue weighted by atomic mass is 9.99. The minimum absolute atomic E-state index is 0. The van der Waals surface area contributed by atoms with Crippen LogP contribution in [0.15, 0.2) is 28.8 Å². The first kappa shape index (κ1) is 16.2. The quantitative estimate of drug-likeness (QED) is 0.934. The minimum Gasteiger partial charge on any atom is -0.338 e. The third-order valence-electron chi connectivity index (χ3n) is 3.66. The van der Waals surface area contributed by atoms with Crippen molar-refractivity contribution in [1.82, 2.24) is 15.0 Å². The second-order valence-corrected chi connectivity index (χ2v) is 5.52. The fourth-order valence-corrected chi connectivity index (χ4v) is 2.75. The van der Waals surface area contributed by atoms with Gasteiger partial charge in [-0.15, -0.1) is 12.4 Å². The lowest BCUT2D eigenvalue weighted by molar-refractivity contribution is 0.306. The second kappa shape index (κ2) is 7.22. The Balaban J connectivity index is 0.00000161. The normalized spacial score (nSPS) is 18.7. The van der Waals surface area contributed by atoms with Crippen molar-refractivity contribution in [1.29, 1.82) is 0 Å². The van der Waals surface area contributed by atoms with E-state index in [0.717, 1.165) is 24.5 Å². The molecule has 0 saturated carbocycles. The lowest BCUT2D eigenvalue weighted by Crippen LogP contribution is -2.20. The van der Waals surface area contributed by atoms with Crippen LogP contribution in [0.5, 0.6) is 0 Å². The molecule has 5 nitrogen and oxygen atoms in total. The van der Waals surface area contributed by atoms with Gasteiger partial charge in [0, 0.05) is 11.6 Å². The Bertz CT molecular complexity index is 573. The second-order valence-electron chi connectivity index (χ2n) is 5.08. The molecule has 1 aromatic carbocycles. The van der Waals surface area contributed by atoms with Crippen molar-refractivity contribution in [2.45, 2.75) is 25.4 Å². The van der Waals surface area contributed by atoms with Crippen molar-refractivity contribution in [3.8, 4) is 0 Å². The van der Waals surface area contributed by atoms with E-state index < -0.39 is 0 Å². The molecule has 1 atom stereocenters. The van der Waals surface area contributed by atoms with Crippen LogP contribution in [0, 0.1) is 0 Å². The van der Waals surface area contributed by atoms with E-state index >= 15 is 0 Å². The summed E-state index contributed by atoms with van der Waals surface area (Å²) < 4.78 is 5.02. The van der Waals surface area contributed by atoms with Gasteiger partial charge in [-0.1, -0.05) is 28.9 Å². The molecule has 0 aliphatic carbocycles. The molecule has 2 heterocycles. The predicted molar refractivity (Wildman–Crippen MR) is 83.5 cm³/mol. The van der Waals surface area contributed by atoms with E-state index in [9.17, 15) is 0 Å². The standard InChI is InChI=1S/C14H17ClN4O.ClH/c15-12-3-1-10(2-4-12)11-5-6-19(8-11)9-13-17-14(7-16)20-18-13;/h1-4,11H,5-9,16H2;1H. The van der Waals surface area contributed by atoms with Gasteiger partial charge in [-0.3, -0.25) is 4.90 Å². The molecule has 1 unspecified atom stereocenters. The Hall–Kier alpha value is -1.14. The summed E-state index contributed by atoms with van der Waals surface area (Å²) in [6.45, 7) is 3.06. The van der Waals surface area contributed by atoms with Crippen molar-refractivity contribution in [3.63, 3.8) is 0 Å². The fraction of sp³-hybridized carbons (Fsp3) is 0.429. The summed E-state index contributed by atoms with van der Waals surface area (Å²) in [4.78, 5) is 6.58. The summed E-state index contributed by atoms with van der Waals surface area (Å²) in [6, 6.07) is 8.12. The van der Waals surface area contributed by atoms with Gasteiger partial charge in [-0.2, -0.15) is 4.98 Å². The molecule has 2 aromatic rings. The molecule has 114 valence electrons. The van der Waals surface area contributed by atoms with Gasteiger partial charge < -0.3 is 10.3 Å².